The summed E-state index contributed by atoms with van der Waals surface area (Å²) >= 11 is 0. The smallest absolute Gasteiger partial charge is 0.200 e. The second-order valence-corrected chi connectivity index (χ2v) is 26.7. The van der Waals surface area contributed by atoms with Crippen LogP contribution in [0.25, 0.3) is 0 Å². The molecule has 0 aliphatic heterocycles. The molecule has 0 aliphatic rings. The summed E-state index contributed by atoms with van der Waals surface area (Å²) in [5, 5.41) is 0. The molecule has 0 spiro atoms. The van der Waals surface area contributed by atoms with Crippen LogP contribution in [0, 0.1) is 233 Å². The van der Waals surface area contributed by atoms with Gasteiger partial charge in [0.15, 0.2) is 140 Å². The van der Waals surface area contributed by atoms with E-state index in [1.807, 2.05) is 0 Å². The molecule has 0 radical (unpaired) electrons. The number of rotatable bonds is 13. The second kappa shape index (κ2) is 35.4. The first-order valence-electron chi connectivity index (χ1n) is 33.9. The highest BCUT2D eigenvalue weighted by molar-refractivity contribution is 7.21. The predicted molar refractivity (Wildman–Crippen MR) is 371 cm³/mol. The minimum Gasteiger partial charge on any atom is -0.264 e. The maximum absolute atomic E-state index is 15.4. The summed E-state index contributed by atoms with van der Waals surface area (Å²) in [5.41, 5.74) is -22.3. The molecule has 0 saturated carbocycles. The monoisotopic (exact) mass is 1820 g/mol. The maximum atomic E-state index is 15.4. The average Bonchev–Trinajstić information content (AvgIpc) is 0.683. The number of halogens is 40. The number of para-hydroxylation sites is 5. The van der Waals surface area contributed by atoms with Crippen LogP contribution in [0.15, 0.2) is 152 Å². The fraction of sp³-hybridized carbons (Fsp3) is 0.0370. The van der Waals surface area contributed by atoms with Gasteiger partial charge in [0.05, 0.1) is 21.1 Å². The Bertz CT molecular complexity index is 5250. The molecule has 0 heterocycles. The normalized spacial score (nSPS) is 11.8. The molecule has 13 aromatic rings. The van der Waals surface area contributed by atoms with Gasteiger partial charge in [-0.15, -0.1) is 43.7 Å². The minimum atomic E-state index is -7.22. The highest BCUT2D eigenvalue weighted by Crippen LogP contribution is 2.42. The molecule has 44 heteroatoms. The van der Waals surface area contributed by atoms with Crippen LogP contribution in [-0.4, -0.2) is 33.4 Å². The number of quaternary nitrogens is 2. The van der Waals surface area contributed by atoms with Gasteiger partial charge in [-0.1, -0.05) is 91.0 Å². The van der Waals surface area contributed by atoms with E-state index in [-0.39, 0.29) is 0 Å². The predicted octanol–water partition coefficient (Wildman–Crippen LogP) is 20.6. The lowest BCUT2D eigenvalue weighted by atomic mass is 9.12. The first-order chi connectivity index (χ1) is 58.4. The third-order valence-corrected chi connectivity index (χ3v) is 20.0. The van der Waals surface area contributed by atoms with E-state index in [1.165, 1.54) is 28.4 Å². The van der Waals surface area contributed by atoms with E-state index in [4.69, 9.17) is 0 Å². The van der Waals surface area contributed by atoms with Crippen LogP contribution < -0.4 is 52.7 Å². The fourth-order valence-electron chi connectivity index (χ4n) is 14.1. The van der Waals surface area contributed by atoms with E-state index in [0.29, 0.717) is 4.48 Å². The topological polar surface area (TPSA) is 0 Å². The van der Waals surface area contributed by atoms with Crippen molar-refractivity contribution in [3.63, 3.8) is 0 Å². The molecule has 0 amide bonds. The largest absolute Gasteiger partial charge is 0.264 e. The van der Waals surface area contributed by atoms with E-state index in [9.17, 15) is 105 Å². The highest BCUT2D eigenvalue weighted by atomic mass is 19.2. The molecule has 654 valence electrons. The van der Waals surface area contributed by atoms with Crippen molar-refractivity contribution >= 4 is 84.4 Å². The summed E-state index contributed by atoms with van der Waals surface area (Å²) in [7, 11) is 6.63. The molecule has 0 N–H and O–H groups in total. The molecule has 0 unspecified atom stereocenters. The van der Waals surface area contributed by atoms with Crippen LogP contribution >= 0.6 is 0 Å². The molecule has 0 fully saturated rings. The summed E-state index contributed by atoms with van der Waals surface area (Å²) < 4.78 is 589. The Morgan fingerprint density at radius 1 is 0.128 bits per heavy atom. The third-order valence-electron chi connectivity index (χ3n) is 20.0. The van der Waals surface area contributed by atoms with Gasteiger partial charge >= 0.3 is 0 Å². The Balaban J connectivity index is 0.000000189. The summed E-state index contributed by atoms with van der Waals surface area (Å²) in [6, 6.07) is 52.9. The molecule has 0 bridgehead atoms. The fourth-order valence-corrected chi connectivity index (χ4v) is 14.1. The summed E-state index contributed by atoms with van der Waals surface area (Å²) in [5.74, 6) is -143. The summed E-state index contributed by atoms with van der Waals surface area (Å²) in [4.78, 5) is 0. The number of benzene rings is 13. The van der Waals surface area contributed by atoms with Crippen LogP contribution in [0.2, 0.25) is 0 Å². The Morgan fingerprint density at radius 3 is 0.320 bits per heavy atom. The van der Waals surface area contributed by atoms with Crippen molar-refractivity contribution in [1.29, 1.82) is 0 Å². The zero-order chi connectivity index (χ0) is 93.3. The maximum Gasteiger partial charge on any atom is 0.200 e. The van der Waals surface area contributed by atoms with Crippen LogP contribution in [0.4, 0.5) is 204 Å². The van der Waals surface area contributed by atoms with Crippen molar-refractivity contribution in [3.05, 3.63) is 384 Å². The molecule has 13 rings (SSSR count). The SMILES string of the molecule is C[N+](C)(c1ccccc1)c1ccccc1.C[N+](c1ccccc1)(c1ccccc1)c1ccccc1.Fc1c(F)c(F)c([B-](c2c(F)c(F)c(F)c(F)c2F)(c2c(F)c(F)c(F)c(F)c2F)c2c(F)c(F)c(F)c(F)c2F)c(F)c1F.Fc1c(F)c(F)c([B-](c2c(F)c(F)c(F)c(F)c2F)(c2c(F)c(F)c(F)c(F)c2F)c2c(F)c(F)c(F)c(F)c2F)c(F)c1F. The van der Waals surface area contributed by atoms with Gasteiger partial charge in [-0.05, 0) is 60.7 Å². The average molecular weight is 1820 g/mol. The Labute approximate surface area is 672 Å². The first-order valence-corrected chi connectivity index (χ1v) is 33.9. The Hall–Kier alpha value is -12.9. The molecule has 0 aromatic heterocycles. The lowest BCUT2D eigenvalue weighted by molar-refractivity contribution is 0.377. The minimum absolute atomic E-state index is 0.669. The molecular weight excluding hydrogens is 1780 g/mol. The molecule has 0 saturated heterocycles. The van der Waals surface area contributed by atoms with Crippen molar-refractivity contribution in [2.75, 3.05) is 21.1 Å². The van der Waals surface area contributed by atoms with Crippen molar-refractivity contribution in [3.8, 4) is 0 Å². The zero-order valence-electron chi connectivity index (χ0n) is 61.1. The quantitative estimate of drug-likeness (QED) is 0.0355. The van der Waals surface area contributed by atoms with Gasteiger partial charge in [0.25, 0.3) is 0 Å². The number of hydrogen-bond donors (Lipinski definition) is 0. The molecule has 125 heavy (non-hydrogen) atoms. The van der Waals surface area contributed by atoms with Crippen molar-refractivity contribution in [2.24, 2.45) is 0 Å². The molecular formula is C81H34B2F40N2. The lowest BCUT2D eigenvalue weighted by Gasteiger charge is -2.44. The molecule has 13 aromatic carbocycles. The molecule has 2 nitrogen and oxygen atoms in total. The van der Waals surface area contributed by atoms with Gasteiger partial charge in [0.1, 0.15) is 134 Å². The van der Waals surface area contributed by atoms with Gasteiger partial charge in [0.2, 0.25) is 0 Å². The number of nitrogens with zero attached hydrogens (tertiary/aromatic N) is 2. The Morgan fingerprint density at radius 2 is 0.216 bits per heavy atom. The molecule has 0 aliphatic carbocycles. The van der Waals surface area contributed by atoms with Crippen LogP contribution in [0.3, 0.4) is 0 Å². The van der Waals surface area contributed by atoms with Crippen LogP contribution in [-0.2, 0) is 0 Å². The summed E-state index contributed by atoms with van der Waals surface area (Å²) in [6.45, 7) is 0. The van der Waals surface area contributed by atoms with E-state index in [2.05, 4.69) is 173 Å². The van der Waals surface area contributed by atoms with Gasteiger partial charge < -0.3 is 0 Å². The van der Waals surface area contributed by atoms with Crippen molar-refractivity contribution in [2.45, 2.75) is 0 Å². The number of hydrogen-bond acceptors (Lipinski definition) is 0. The van der Waals surface area contributed by atoms with E-state index < -0.39 is 289 Å². The zero-order valence-corrected chi connectivity index (χ0v) is 61.1. The van der Waals surface area contributed by atoms with Gasteiger partial charge in [-0.3, -0.25) is 4.48 Å². The third kappa shape index (κ3) is 15.0. The van der Waals surface area contributed by atoms with Crippen molar-refractivity contribution in [1.82, 2.24) is 8.97 Å². The van der Waals surface area contributed by atoms with Gasteiger partial charge in [0, 0.05) is 0 Å². The van der Waals surface area contributed by atoms with E-state index in [1.54, 1.807) is 0 Å². The standard InChI is InChI=1S/2C24BF20.C19H18N.C14H16N/c2*26-5-1(6(27)14(35)21(42)13(5)34)25(2-7(28)15(36)22(43)16(37)8(2)29,3-9(30)17(38)23(44)18(39)10(3)31)4-11(32)19(40)24(45)20(41)12(4)33;1-20(17-11-5-2-6-12-17,18-13-7-3-8-14-18)19-15-9-4-10-16-19;1-15(2,13-9-5-3-6-10-13)14-11-7-4-8-12-14/h;;2-16H,1H3;3-12H,1-2H3/q2*-1;2*+1. The molecule has 0 atom stereocenters. The summed E-state index contributed by atoms with van der Waals surface area (Å²) in [6.07, 6.45) is -14.4. The van der Waals surface area contributed by atoms with E-state index >= 15 is 70.2 Å². The van der Waals surface area contributed by atoms with Gasteiger partial charge in [-0.2, -0.15) is 0 Å². The van der Waals surface area contributed by atoms with E-state index in [0.717, 1.165) is 4.48 Å². The van der Waals surface area contributed by atoms with Crippen LogP contribution in [0.5, 0.6) is 0 Å². The Kier molecular flexibility index (Phi) is 26.7. The second-order valence-electron chi connectivity index (χ2n) is 26.7. The highest BCUT2D eigenvalue weighted by Gasteiger charge is 2.55. The van der Waals surface area contributed by atoms with Crippen LogP contribution in [0.1, 0.15) is 0 Å². The lowest BCUT2D eigenvalue weighted by Crippen LogP contribution is -2.81. The van der Waals surface area contributed by atoms with Gasteiger partial charge in [-0.25, -0.2) is 180 Å². The first kappa shape index (κ1) is 94.4. The van der Waals surface area contributed by atoms with Crippen molar-refractivity contribution < 1.29 is 176 Å².